The Bertz CT molecular complexity index is 1670. The molecule has 0 N–H and O–H groups in total. The highest BCUT2D eigenvalue weighted by molar-refractivity contribution is 6.36. The number of ketones is 1. The Balaban J connectivity index is 1.31. The Hall–Kier alpha value is -3.88. The maximum absolute atomic E-state index is 12.8. The number of rotatable bonds is 8. The summed E-state index contributed by atoms with van der Waals surface area (Å²) in [5.74, 6) is -1.01. The van der Waals surface area contributed by atoms with E-state index < -0.39 is 23.8 Å². The summed E-state index contributed by atoms with van der Waals surface area (Å²) < 4.78 is 44.6. The van der Waals surface area contributed by atoms with Crippen molar-refractivity contribution in [2.75, 3.05) is 49.6 Å². The molecule has 0 saturated carbocycles. The number of likely N-dealkylation sites (tertiary alicyclic amines) is 1. The molecule has 12 heteroatoms. The van der Waals surface area contributed by atoms with Crippen molar-refractivity contribution in [3.63, 3.8) is 0 Å². The van der Waals surface area contributed by atoms with Crippen LogP contribution >= 0.6 is 11.6 Å². The Morgan fingerprint density at radius 3 is 2.67 bits per heavy atom. The first kappa shape index (κ1) is 32.1. The molecule has 1 unspecified atom stereocenters. The van der Waals surface area contributed by atoms with E-state index in [9.17, 15) is 23.2 Å². The lowest BCUT2D eigenvalue weighted by atomic mass is 9.80. The zero-order chi connectivity index (χ0) is 32.4. The summed E-state index contributed by atoms with van der Waals surface area (Å²) in [4.78, 5) is 29.2. The van der Waals surface area contributed by atoms with Crippen molar-refractivity contribution in [1.82, 2.24) is 14.9 Å². The third-order valence-corrected chi connectivity index (χ3v) is 9.78. The summed E-state index contributed by atoms with van der Waals surface area (Å²) in [6.45, 7) is 3.40. The van der Waals surface area contributed by atoms with Gasteiger partial charge in [0.2, 0.25) is 0 Å². The van der Waals surface area contributed by atoms with Gasteiger partial charge in [0.1, 0.15) is 12.4 Å². The molecule has 2 aromatic carbocycles. The summed E-state index contributed by atoms with van der Waals surface area (Å²) in [5, 5.41) is 12.3. The number of carbonyl (C=O) groups is 1. The van der Waals surface area contributed by atoms with Gasteiger partial charge in [-0.15, -0.1) is 0 Å². The molecule has 46 heavy (non-hydrogen) atoms. The molecule has 6 rings (SSSR count). The van der Waals surface area contributed by atoms with Gasteiger partial charge in [0.15, 0.2) is 5.78 Å². The standard InChI is InChI=1S/C34H36ClF3N6O2/c1-42-16-4-7-24(42)21-46-33-40-28-20-43(29-9-3-6-22-5-2-8-27(35)31(22)29)17-13-26(28)32(41-33)44-18-12-25(23(19-44)11-15-39)30(45)10-14-34(36,37)38/h2-3,5-6,8-10,14,23-25H,4,7,11-13,16-21H2,1H3/b14-10+/t23-,24-,25?/m0/s1. The van der Waals surface area contributed by atoms with Gasteiger partial charge in [-0.05, 0) is 68.8 Å². The van der Waals surface area contributed by atoms with E-state index in [0.717, 1.165) is 47.1 Å². The third kappa shape index (κ3) is 6.93. The van der Waals surface area contributed by atoms with Crippen LogP contribution in [0.4, 0.5) is 24.7 Å². The second kappa shape index (κ2) is 13.5. The third-order valence-electron chi connectivity index (χ3n) is 9.46. The van der Waals surface area contributed by atoms with Crippen LogP contribution < -0.4 is 14.5 Å². The van der Waals surface area contributed by atoms with Crippen LogP contribution in [0.5, 0.6) is 6.01 Å². The number of carbonyl (C=O) groups excluding carboxylic acids is 1. The zero-order valence-corrected chi connectivity index (χ0v) is 26.4. The summed E-state index contributed by atoms with van der Waals surface area (Å²) in [7, 11) is 2.08. The second-order valence-electron chi connectivity index (χ2n) is 12.4. The Morgan fingerprint density at radius 1 is 1.13 bits per heavy atom. The topological polar surface area (TPSA) is 85.6 Å². The molecule has 0 amide bonds. The molecule has 0 radical (unpaired) electrons. The monoisotopic (exact) mass is 652 g/mol. The molecular formula is C34H36ClF3N6O2. The quantitative estimate of drug-likeness (QED) is 0.260. The maximum atomic E-state index is 12.8. The molecule has 242 valence electrons. The first-order chi connectivity index (χ1) is 22.1. The smallest absolute Gasteiger partial charge is 0.409 e. The van der Waals surface area contributed by atoms with E-state index in [0.29, 0.717) is 62.5 Å². The van der Waals surface area contributed by atoms with Crippen molar-refractivity contribution in [2.45, 2.75) is 50.9 Å². The summed E-state index contributed by atoms with van der Waals surface area (Å²) in [5.41, 5.74) is 2.83. The average Bonchev–Trinajstić information content (AvgIpc) is 3.46. The van der Waals surface area contributed by atoms with Crippen LogP contribution in [-0.2, 0) is 17.8 Å². The van der Waals surface area contributed by atoms with Gasteiger partial charge in [0, 0.05) is 60.7 Å². The van der Waals surface area contributed by atoms with Crippen LogP contribution in [0, 0.1) is 23.2 Å². The van der Waals surface area contributed by atoms with Crippen LogP contribution in [0.2, 0.25) is 5.02 Å². The highest BCUT2D eigenvalue weighted by Gasteiger charge is 2.36. The van der Waals surface area contributed by atoms with Crippen molar-refractivity contribution < 1.29 is 22.7 Å². The number of allylic oxidation sites excluding steroid dienone is 2. The Labute approximate surface area is 271 Å². The SMILES string of the molecule is CN1CCC[C@H]1COc1nc2c(c(N3CCC(C(=O)/C=C/C(F)(F)F)[C@@H](CC#N)C3)n1)CCN(c1cccc3cccc(Cl)c13)C2. The number of likely N-dealkylation sites (N-methyl/N-ethyl adjacent to an activating group) is 1. The van der Waals surface area contributed by atoms with Crippen LogP contribution in [0.15, 0.2) is 48.6 Å². The number of benzene rings is 2. The summed E-state index contributed by atoms with van der Waals surface area (Å²) >= 11 is 6.67. The first-order valence-corrected chi connectivity index (χ1v) is 16.1. The van der Waals surface area contributed by atoms with Gasteiger partial charge in [-0.3, -0.25) is 4.79 Å². The number of fused-ring (bicyclic) bond motifs is 2. The van der Waals surface area contributed by atoms with Crippen molar-refractivity contribution in [3.8, 4) is 12.1 Å². The minimum Gasteiger partial charge on any atom is -0.462 e. The van der Waals surface area contributed by atoms with E-state index in [1.54, 1.807) is 0 Å². The van der Waals surface area contributed by atoms with E-state index in [1.165, 1.54) is 0 Å². The van der Waals surface area contributed by atoms with Crippen LogP contribution in [-0.4, -0.2) is 72.7 Å². The number of ether oxygens (including phenoxy) is 1. The van der Waals surface area contributed by atoms with E-state index in [-0.39, 0.29) is 24.5 Å². The molecule has 3 aliphatic rings. The number of anilines is 2. The lowest BCUT2D eigenvalue weighted by Crippen LogP contribution is -2.44. The Kier molecular flexibility index (Phi) is 9.39. The summed E-state index contributed by atoms with van der Waals surface area (Å²) in [6.07, 6.45) is -0.838. The molecule has 1 aromatic heterocycles. The number of nitrogens with zero attached hydrogens (tertiary/aromatic N) is 6. The van der Waals surface area contributed by atoms with Crippen molar-refractivity contribution >= 4 is 39.7 Å². The largest absolute Gasteiger partial charge is 0.462 e. The molecule has 2 saturated heterocycles. The van der Waals surface area contributed by atoms with Gasteiger partial charge in [-0.1, -0.05) is 35.9 Å². The number of nitriles is 1. The van der Waals surface area contributed by atoms with E-state index in [1.807, 2.05) is 30.3 Å². The summed E-state index contributed by atoms with van der Waals surface area (Å²) in [6, 6.07) is 14.7. The molecule has 3 aromatic rings. The average molecular weight is 653 g/mol. The number of piperidine rings is 1. The van der Waals surface area contributed by atoms with Crippen LogP contribution in [0.1, 0.15) is 36.9 Å². The van der Waals surface area contributed by atoms with Gasteiger partial charge < -0.3 is 19.4 Å². The maximum Gasteiger partial charge on any atom is 0.409 e. The molecule has 0 spiro atoms. The van der Waals surface area contributed by atoms with Crippen molar-refractivity contribution in [3.05, 3.63) is 64.8 Å². The highest BCUT2D eigenvalue weighted by atomic mass is 35.5. The minimum absolute atomic E-state index is 0.0216. The predicted molar refractivity (Wildman–Crippen MR) is 171 cm³/mol. The predicted octanol–water partition coefficient (Wildman–Crippen LogP) is 6.36. The molecule has 8 nitrogen and oxygen atoms in total. The number of alkyl halides is 3. The lowest BCUT2D eigenvalue weighted by molar-refractivity contribution is -0.121. The number of aromatic nitrogens is 2. The Morgan fingerprint density at radius 2 is 1.93 bits per heavy atom. The van der Waals surface area contributed by atoms with Crippen molar-refractivity contribution in [1.29, 1.82) is 5.26 Å². The lowest BCUT2D eigenvalue weighted by Gasteiger charge is -2.39. The fourth-order valence-corrected chi connectivity index (χ4v) is 7.32. The fraction of sp³-hybridized carbons (Fsp3) is 0.471. The number of hydrogen-bond acceptors (Lipinski definition) is 8. The molecule has 3 atom stereocenters. The molecule has 4 heterocycles. The molecule has 2 fully saturated rings. The van der Waals surface area contributed by atoms with Gasteiger partial charge in [-0.25, -0.2) is 0 Å². The van der Waals surface area contributed by atoms with Crippen LogP contribution in [0.3, 0.4) is 0 Å². The van der Waals surface area contributed by atoms with Gasteiger partial charge >= 0.3 is 12.2 Å². The van der Waals surface area contributed by atoms with Crippen LogP contribution in [0.25, 0.3) is 10.8 Å². The number of hydrogen-bond donors (Lipinski definition) is 0. The van der Waals surface area contributed by atoms with E-state index in [2.05, 4.69) is 33.9 Å². The molecule has 0 bridgehead atoms. The van der Waals surface area contributed by atoms with E-state index in [4.69, 9.17) is 26.3 Å². The van der Waals surface area contributed by atoms with Gasteiger partial charge in [0.25, 0.3) is 0 Å². The second-order valence-corrected chi connectivity index (χ2v) is 12.8. The first-order valence-electron chi connectivity index (χ1n) is 15.7. The minimum atomic E-state index is -4.57. The van der Waals surface area contributed by atoms with Crippen molar-refractivity contribution in [2.24, 2.45) is 11.8 Å². The number of halogens is 4. The normalized spacial score (nSPS) is 22.3. The zero-order valence-electron chi connectivity index (χ0n) is 25.6. The fourth-order valence-electron chi connectivity index (χ4n) is 7.04. The van der Waals surface area contributed by atoms with Gasteiger partial charge in [-0.2, -0.15) is 28.4 Å². The van der Waals surface area contributed by atoms with E-state index >= 15 is 0 Å². The highest BCUT2D eigenvalue weighted by Crippen LogP contribution is 2.38. The molecule has 0 aliphatic carbocycles. The van der Waals surface area contributed by atoms with Gasteiger partial charge in [0.05, 0.1) is 23.3 Å². The molecule has 3 aliphatic heterocycles. The molecular weight excluding hydrogens is 617 g/mol.